The van der Waals surface area contributed by atoms with Gasteiger partial charge < -0.3 is 5.32 Å². The Hall–Kier alpha value is -1.67. The molecule has 0 amide bonds. The molecule has 0 unspecified atom stereocenters. The second-order valence-corrected chi connectivity index (χ2v) is 4.99. The lowest BCUT2D eigenvalue weighted by atomic mass is 9.99. The van der Waals surface area contributed by atoms with Crippen LogP contribution in [0, 0.1) is 6.92 Å². The summed E-state index contributed by atoms with van der Waals surface area (Å²) in [6.07, 6.45) is 3.94. The number of nitrogens with zero attached hydrogens (tertiary/aromatic N) is 1. The van der Waals surface area contributed by atoms with Crippen molar-refractivity contribution in [3.05, 3.63) is 64.5 Å². The molecule has 0 aliphatic carbocycles. The van der Waals surface area contributed by atoms with Gasteiger partial charge in [0.05, 0.1) is 0 Å². The van der Waals surface area contributed by atoms with E-state index in [0.29, 0.717) is 0 Å². The zero-order valence-electron chi connectivity index (χ0n) is 12.0. The van der Waals surface area contributed by atoms with Crippen LogP contribution in [0.5, 0.6) is 0 Å². The second kappa shape index (κ2) is 6.48. The molecule has 0 saturated carbocycles. The molecule has 2 heteroatoms. The molecule has 2 aromatic rings. The highest BCUT2D eigenvalue weighted by atomic mass is 14.8. The molecule has 0 saturated heterocycles. The molecule has 2 rings (SSSR count). The van der Waals surface area contributed by atoms with Gasteiger partial charge in [0.25, 0.3) is 0 Å². The summed E-state index contributed by atoms with van der Waals surface area (Å²) in [6.45, 7) is 5.20. The van der Waals surface area contributed by atoms with Gasteiger partial charge in [-0.05, 0) is 43.1 Å². The van der Waals surface area contributed by atoms with Crippen molar-refractivity contribution >= 4 is 0 Å². The first-order valence-corrected chi connectivity index (χ1v) is 6.89. The van der Waals surface area contributed by atoms with Gasteiger partial charge in [-0.15, -0.1) is 0 Å². The maximum Gasteiger partial charge on any atom is 0.0447 e. The molecule has 0 radical (unpaired) electrons. The molecule has 0 aliphatic rings. The fourth-order valence-electron chi connectivity index (χ4n) is 2.25. The average molecular weight is 254 g/mol. The minimum absolute atomic E-state index is 0.905. The quantitative estimate of drug-likeness (QED) is 0.886. The van der Waals surface area contributed by atoms with Gasteiger partial charge >= 0.3 is 0 Å². The Balaban J connectivity index is 2.23. The van der Waals surface area contributed by atoms with Crippen molar-refractivity contribution in [2.24, 2.45) is 0 Å². The third-order valence-corrected chi connectivity index (χ3v) is 3.39. The van der Waals surface area contributed by atoms with Crippen molar-refractivity contribution in [3.8, 4) is 0 Å². The summed E-state index contributed by atoms with van der Waals surface area (Å²) in [5.74, 6) is 0. The van der Waals surface area contributed by atoms with E-state index >= 15 is 0 Å². The summed E-state index contributed by atoms with van der Waals surface area (Å²) in [5.41, 5.74) is 6.46. The van der Waals surface area contributed by atoms with Crippen molar-refractivity contribution in [2.45, 2.75) is 33.2 Å². The van der Waals surface area contributed by atoms with E-state index in [2.05, 4.69) is 54.5 Å². The van der Waals surface area contributed by atoms with Gasteiger partial charge in [0.2, 0.25) is 0 Å². The van der Waals surface area contributed by atoms with Gasteiger partial charge in [0, 0.05) is 24.9 Å². The zero-order chi connectivity index (χ0) is 13.7. The van der Waals surface area contributed by atoms with Crippen LogP contribution in [0.3, 0.4) is 0 Å². The second-order valence-electron chi connectivity index (χ2n) is 4.99. The molecule has 1 N–H and O–H groups in total. The van der Waals surface area contributed by atoms with E-state index < -0.39 is 0 Å². The maximum absolute atomic E-state index is 4.56. The SMILES string of the molecule is CCc1ccc(Cc2cc(C)ccc2CNC)nc1. The molecule has 0 atom stereocenters. The first-order chi connectivity index (χ1) is 9.22. The van der Waals surface area contributed by atoms with E-state index in [9.17, 15) is 0 Å². The molecule has 0 spiro atoms. The number of hydrogen-bond donors (Lipinski definition) is 1. The Kier molecular flexibility index (Phi) is 4.69. The smallest absolute Gasteiger partial charge is 0.0447 e. The van der Waals surface area contributed by atoms with E-state index in [0.717, 1.165) is 25.1 Å². The summed E-state index contributed by atoms with van der Waals surface area (Å²) >= 11 is 0. The van der Waals surface area contributed by atoms with Crippen LogP contribution in [0.4, 0.5) is 0 Å². The van der Waals surface area contributed by atoms with Crippen LogP contribution in [0.15, 0.2) is 36.5 Å². The lowest BCUT2D eigenvalue weighted by molar-refractivity contribution is 0.805. The standard InChI is InChI=1S/C17H22N2/c1-4-14-6-8-17(19-11-14)10-16-9-13(2)5-7-15(16)12-18-3/h5-9,11,18H,4,10,12H2,1-3H3. The lowest BCUT2D eigenvalue weighted by Crippen LogP contribution is -2.08. The van der Waals surface area contributed by atoms with Crippen molar-refractivity contribution in [1.29, 1.82) is 0 Å². The summed E-state index contributed by atoms with van der Waals surface area (Å²) in [6, 6.07) is 11.0. The van der Waals surface area contributed by atoms with E-state index in [1.807, 2.05) is 13.2 Å². The van der Waals surface area contributed by atoms with Crippen molar-refractivity contribution < 1.29 is 0 Å². The maximum atomic E-state index is 4.56. The van der Waals surface area contributed by atoms with Crippen molar-refractivity contribution in [1.82, 2.24) is 10.3 Å². The monoisotopic (exact) mass is 254 g/mol. The summed E-state index contributed by atoms with van der Waals surface area (Å²) in [4.78, 5) is 4.56. The largest absolute Gasteiger partial charge is 0.316 e. The third kappa shape index (κ3) is 3.65. The molecule has 1 aromatic heterocycles. The Labute approximate surface area is 115 Å². The molecule has 1 heterocycles. The van der Waals surface area contributed by atoms with Crippen LogP contribution in [0.1, 0.15) is 34.9 Å². The minimum Gasteiger partial charge on any atom is -0.316 e. The van der Waals surface area contributed by atoms with E-state index in [-0.39, 0.29) is 0 Å². The highest BCUT2D eigenvalue weighted by Gasteiger charge is 2.04. The van der Waals surface area contributed by atoms with Gasteiger partial charge in [0.1, 0.15) is 0 Å². The molecular weight excluding hydrogens is 232 g/mol. The lowest BCUT2D eigenvalue weighted by Gasteiger charge is -2.10. The van der Waals surface area contributed by atoms with Crippen LogP contribution in [0.25, 0.3) is 0 Å². The topological polar surface area (TPSA) is 24.9 Å². The van der Waals surface area contributed by atoms with Crippen LogP contribution >= 0.6 is 0 Å². The number of nitrogens with one attached hydrogen (secondary N) is 1. The normalized spacial score (nSPS) is 10.7. The minimum atomic E-state index is 0.905. The number of pyridine rings is 1. The molecule has 100 valence electrons. The first kappa shape index (κ1) is 13.8. The summed E-state index contributed by atoms with van der Waals surface area (Å²) in [5, 5.41) is 3.23. The predicted molar refractivity (Wildman–Crippen MR) is 80.4 cm³/mol. The molecule has 1 aromatic carbocycles. The Bertz CT molecular complexity index is 529. The molecule has 19 heavy (non-hydrogen) atoms. The summed E-state index contributed by atoms with van der Waals surface area (Å²) in [7, 11) is 1.98. The average Bonchev–Trinajstić information content (AvgIpc) is 2.43. The molecular formula is C17H22N2. The number of benzene rings is 1. The molecule has 2 nitrogen and oxygen atoms in total. The van der Waals surface area contributed by atoms with Gasteiger partial charge in [-0.1, -0.05) is 36.8 Å². The van der Waals surface area contributed by atoms with Crippen molar-refractivity contribution in [2.75, 3.05) is 7.05 Å². The first-order valence-electron chi connectivity index (χ1n) is 6.89. The fraction of sp³-hybridized carbons (Fsp3) is 0.353. The van der Waals surface area contributed by atoms with Crippen LogP contribution in [-0.4, -0.2) is 12.0 Å². The number of aromatic nitrogens is 1. The fourth-order valence-corrected chi connectivity index (χ4v) is 2.25. The molecule has 0 fully saturated rings. The Morgan fingerprint density at radius 2 is 1.95 bits per heavy atom. The zero-order valence-corrected chi connectivity index (χ0v) is 12.0. The molecule has 0 bridgehead atoms. The number of hydrogen-bond acceptors (Lipinski definition) is 2. The van der Waals surface area contributed by atoms with Gasteiger partial charge in [-0.2, -0.15) is 0 Å². The van der Waals surface area contributed by atoms with Crippen LogP contribution < -0.4 is 5.32 Å². The van der Waals surface area contributed by atoms with E-state index in [1.165, 1.54) is 22.3 Å². The predicted octanol–water partition coefficient (Wildman–Crippen LogP) is 3.26. The Morgan fingerprint density at radius 3 is 2.58 bits per heavy atom. The Morgan fingerprint density at radius 1 is 1.11 bits per heavy atom. The van der Waals surface area contributed by atoms with Crippen molar-refractivity contribution in [3.63, 3.8) is 0 Å². The highest BCUT2D eigenvalue weighted by Crippen LogP contribution is 2.16. The van der Waals surface area contributed by atoms with Gasteiger partial charge in [-0.25, -0.2) is 0 Å². The molecule has 0 aliphatic heterocycles. The summed E-state index contributed by atoms with van der Waals surface area (Å²) < 4.78 is 0. The highest BCUT2D eigenvalue weighted by molar-refractivity contribution is 5.34. The van der Waals surface area contributed by atoms with E-state index in [1.54, 1.807) is 0 Å². The third-order valence-electron chi connectivity index (χ3n) is 3.39. The van der Waals surface area contributed by atoms with Gasteiger partial charge in [-0.3, -0.25) is 4.98 Å². The number of aryl methyl sites for hydroxylation is 2. The number of rotatable bonds is 5. The van der Waals surface area contributed by atoms with E-state index in [4.69, 9.17) is 0 Å². The van der Waals surface area contributed by atoms with Crippen LogP contribution in [-0.2, 0) is 19.4 Å². The van der Waals surface area contributed by atoms with Gasteiger partial charge in [0.15, 0.2) is 0 Å². The van der Waals surface area contributed by atoms with Crippen LogP contribution in [0.2, 0.25) is 0 Å².